The minimum Gasteiger partial charge on any atom is -0.394 e. The van der Waals surface area contributed by atoms with E-state index in [0.717, 1.165) is 0 Å². The Hall–Kier alpha value is -1.44. The number of aliphatic hydroxyl groups is 1. The highest BCUT2D eigenvalue weighted by molar-refractivity contribution is 9.10. The molecule has 6 nitrogen and oxygen atoms in total. The van der Waals surface area contributed by atoms with Crippen molar-refractivity contribution in [3.63, 3.8) is 0 Å². The predicted octanol–water partition coefficient (Wildman–Crippen LogP) is 0.694. The Morgan fingerprint density at radius 2 is 1.95 bits per heavy atom. The van der Waals surface area contributed by atoms with Gasteiger partial charge in [0, 0.05) is 17.6 Å². The predicted molar refractivity (Wildman–Crippen MR) is 82.0 cm³/mol. The van der Waals surface area contributed by atoms with E-state index in [9.17, 15) is 9.59 Å². The molecule has 0 unspecified atom stereocenters. The number of amides is 2. The van der Waals surface area contributed by atoms with Gasteiger partial charge in [-0.3, -0.25) is 9.59 Å². The molecule has 0 aliphatic rings. The molecule has 0 fully saturated rings. The van der Waals surface area contributed by atoms with Gasteiger partial charge in [0.15, 0.2) is 0 Å². The first-order valence-corrected chi connectivity index (χ1v) is 7.42. The fourth-order valence-electron chi connectivity index (χ4n) is 1.53. The van der Waals surface area contributed by atoms with Gasteiger partial charge in [-0.2, -0.15) is 0 Å². The van der Waals surface area contributed by atoms with Crippen LogP contribution in [-0.2, 0) is 9.53 Å². The Balaban J connectivity index is 2.18. The van der Waals surface area contributed by atoms with Crippen LogP contribution in [0.1, 0.15) is 16.8 Å². The fraction of sp³-hybridized carbons (Fsp3) is 0.429. The molecule has 3 N–H and O–H groups in total. The Labute approximate surface area is 132 Å². The van der Waals surface area contributed by atoms with E-state index < -0.39 is 0 Å². The Morgan fingerprint density at radius 3 is 2.67 bits per heavy atom. The van der Waals surface area contributed by atoms with Gasteiger partial charge in [-0.1, -0.05) is 12.1 Å². The highest BCUT2D eigenvalue weighted by Crippen LogP contribution is 2.15. The number of carbonyl (C=O) groups excluding carboxylic acids is 2. The van der Waals surface area contributed by atoms with Gasteiger partial charge in [0.05, 0.1) is 25.3 Å². The zero-order chi connectivity index (χ0) is 15.5. The van der Waals surface area contributed by atoms with E-state index in [0.29, 0.717) is 36.2 Å². The number of nitrogens with one attached hydrogen (secondary N) is 2. The van der Waals surface area contributed by atoms with E-state index in [1.807, 2.05) is 6.07 Å². The minimum absolute atomic E-state index is 0.00651. The topological polar surface area (TPSA) is 87.7 Å². The third kappa shape index (κ3) is 7.22. The molecule has 0 atom stereocenters. The van der Waals surface area contributed by atoms with E-state index in [1.54, 1.807) is 18.2 Å². The number of aliphatic hydroxyl groups excluding tert-OH is 1. The van der Waals surface area contributed by atoms with Gasteiger partial charge in [0.25, 0.3) is 5.91 Å². The molecule has 0 saturated carbocycles. The molecule has 0 spiro atoms. The van der Waals surface area contributed by atoms with Crippen LogP contribution in [0.4, 0.5) is 0 Å². The van der Waals surface area contributed by atoms with Crippen molar-refractivity contribution in [3.05, 3.63) is 34.3 Å². The standard InChI is InChI=1S/C14H19BrN2O4/c15-12-5-2-1-4-11(12)14(20)17-10-13(19)16-6-3-8-21-9-7-18/h1-2,4-5,18H,3,6-10H2,(H,16,19)(H,17,20). The van der Waals surface area contributed by atoms with Crippen LogP contribution in [0.2, 0.25) is 0 Å². The van der Waals surface area contributed by atoms with E-state index in [-0.39, 0.29) is 25.0 Å². The van der Waals surface area contributed by atoms with Crippen molar-refractivity contribution >= 4 is 27.7 Å². The molecule has 0 radical (unpaired) electrons. The molecule has 1 aromatic carbocycles. The second-order valence-corrected chi connectivity index (χ2v) is 5.06. The van der Waals surface area contributed by atoms with E-state index in [2.05, 4.69) is 26.6 Å². The lowest BCUT2D eigenvalue weighted by molar-refractivity contribution is -0.120. The average molecular weight is 359 g/mol. The SMILES string of the molecule is O=C(CNC(=O)c1ccccc1Br)NCCCOCCO. The second-order valence-electron chi connectivity index (χ2n) is 4.20. The molecule has 1 rings (SSSR count). The molecular weight excluding hydrogens is 340 g/mol. The fourth-order valence-corrected chi connectivity index (χ4v) is 2.00. The van der Waals surface area contributed by atoms with Crippen molar-refractivity contribution in [1.82, 2.24) is 10.6 Å². The van der Waals surface area contributed by atoms with Gasteiger partial charge >= 0.3 is 0 Å². The summed E-state index contributed by atoms with van der Waals surface area (Å²) in [7, 11) is 0. The number of ether oxygens (including phenoxy) is 1. The largest absolute Gasteiger partial charge is 0.394 e. The normalized spacial score (nSPS) is 10.2. The zero-order valence-electron chi connectivity index (χ0n) is 11.6. The molecule has 21 heavy (non-hydrogen) atoms. The van der Waals surface area contributed by atoms with Crippen LogP contribution >= 0.6 is 15.9 Å². The van der Waals surface area contributed by atoms with Crippen LogP contribution < -0.4 is 10.6 Å². The van der Waals surface area contributed by atoms with Crippen molar-refractivity contribution < 1.29 is 19.4 Å². The molecular formula is C14H19BrN2O4. The second kappa shape index (κ2) is 10.3. The van der Waals surface area contributed by atoms with Crippen molar-refractivity contribution in [2.75, 3.05) is 32.9 Å². The summed E-state index contributed by atoms with van der Waals surface area (Å²) >= 11 is 3.28. The summed E-state index contributed by atoms with van der Waals surface area (Å²) in [6.45, 7) is 1.17. The average Bonchev–Trinajstić information content (AvgIpc) is 2.49. The molecule has 2 amide bonds. The number of rotatable bonds is 9. The number of hydrogen-bond donors (Lipinski definition) is 3. The van der Waals surface area contributed by atoms with Crippen molar-refractivity contribution in [2.45, 2.75) is 6.42 Å². The van der Waals surface area contributed by atoms with Crippen LogP contribution in [0, 0.1) is 0 Å². The summed E-state index contributed by atoms with van der Waals surface area (Å²) in [6, 6.07) is 7.01. The summed E-state index contributed by atoms with van der Waals surface area (Å²) in [5, 5.41) is 13.7. The van der Waals surface area contributed by atoms with E-state index in [4.69, 9.17) is 9.84 Å². The van der Waals surface area contributed by atoms with Crippen molar-refractivity contribution in [3.8, 4) is 0 Å². The minimum atomic E-state index is -0.302. The van der Waals surface area contributed by atoms with Gasteiger partial charge in [-0.05, 0) is 34.5 Å². The highest BCUT2D eigenvalue weighted by Gasteiger charge is 2.10. The first kappa shape index (κ1) is 17.6. The lowest BCUT2D eigenvalue weighted by Gasteiger charge is -2.08. The van der Waals surface area contributed by atoms with Gasteiger partial charge in [-0.25, -0.2) is 0 Å². The van der Waals surface area contributed by atoms with Crippen LogP contribution in [0.25, 0.3) is 0 Å². The molecule has 0 bridgehead atoms. The molecule has 116 valence electrons. The molecule has 0 heterocycles. The van der Waals surface area contributed by atoms with Crippen LogP contribution in [0.3, 0.4) is 0 Å². The number of carbonyl (C=O) groups is 2. The molecule has 7 heteroatoms. The molecule has 0 aliphatic carbocycles. The Kier molecular flexibility index (Phi) is 8.65. The highest BCUT2D eigenvalue weighted by atomic mass is 79.9. The van der Waals surface area contributed by atoms with Crippen LogP contribution in [0.15, 0.2) is 28.7 Å². The first-order chi connectivity index (χ1) is 10.1. The quantitative estimate of drug-likeness (QED) is 0.567. The summed E-state index contributed by atoms with van der Waals surface area (Å²) in [4.78, 5) is 23.4. The van der Waals surface area contributed by atoms with Gasteiger partial charge < -0.3 is 20.5 Å². The first-order valence-electron chi connectivity index (χ1n) is 6.63. The maximum atomic E-state index is 11.9. The smallest absolute Gasteiger partial charge is 0.252 e. The zero-order valence-corrected chi connectivity index (χ0v) is 13.2. The molecule has 1 aromatic rings. The third-order valence-electron chi connectivity index (χ3n) is 2.55. The van der Waals surface area contributed by atoms with Crippen molar-refractivity contribution in [2.24, 2.45) is 0 Å². The van der Waals surface area contributed by atoms with E-state index >= 15 is 0 Å². The van der Waals surface area contributed by atoms with Crippen LogP contribution in [-0.4, -0.2) is 49.8 Å². The van der Waals surface area contributed by atoms with Gasteiger partial charge in [0.1, 0.15) is 0 Å². The van der Waals surface area contributed by atoms with Crippen LogP contribution in [0.5, 0.6) is 0 Å². The van der Waals surface area contributed by atoms with Gasteiger partial charge in [0.2, 0.25) is 5.91 Å². The number of benzene rings is 1. The van der Waals surface area contributed by atoms with Gasteiger partial charge in [-0.15, -0.1) is 0 Å². The Morgan fingerprint density at radius 1 is 1.19 bits per heavy atom. The van der Waals surface area contributed by atoms with Crippen molar-refractivity contribution in [1.29, 1.82) is 0 Å². The molecule has 0 aliphatic heterocycles. The lowest BCUT2D eigenvalue weighted by Crippen LogP contribution is -2.37. The third-order valence-corrected chi connectivity index (χ3v) is 3.24. The number of hydrogen-bond acceptors (Lipinski definition) is 4. The summed E-state index contributed by atoms with van der Waals surface area (Å²) in [5.41, 5.74) is 0.489. The molecule has 0 saturated heterocycles. The molecule has 0 aromatic heterocycles. The summed E-state index contributed by atoms with van der Waals surface area (Å²) in [5.74, 6) is -0.554. The summed E-state index contributed by atoms with van der Waals surface area (Å²) < 4.78 is 5.74. The monoisotopic (exact) mass is 358 g/mol. The van der Waals surface area contributed by atoms with E-state index in [1.165, 1.54) is 0 Å². The maximum Gasteiger partial charge on any atom is 0.252 e. The Bertz CT molecular complexity index is 468. The number of halogens is 1. The maximum absolute atomic E-state index is 11.9. The lowest BCUT2D eigenvalue weighted by atomic mass is 10.2. The summed E-state index contributed by atoms with van der Waals surface area (Å²) in [6.07, 6.45) is 0.657.